The Bertz CT molecular complexity index is 203. The molecule has 10 heteroatoms. The molecule has 0 aromatic carbocycles. The molecule has 0 aromatic rings. The number of hydrogen-bond donors (Lipinski definition) is 0. The van der Waals surface area contributed by atoms with Crippen LogP contribution in [0.5, 0.6) is 0 Å². The molecular formula is C12H32ClNO3S4Si. The highest BCUT2D eigenvalue weighted by Gasteiger charge is 2.43. The smallest absolute Gasteiger partial charge is 0.365 e. The predicted molar refractivity (Wildman–Crippen MR) is 113 cm³/mol. The molecule has 0 unspecified atom stereocenters. The van der Waals surface area contributed by atoms with Gasteiger partial charge in [-0.2, -0.15) is 0 Å². The second-order valence-electron chi connectivity index (χ2n) is 4.18. The number of halogens is 1. The van der Waals surface area contributed by atoms with E-state index in [-0.39, 0.29) is 12.4 Å². The molecule has 0 aromatic heterocycles. The Hall–Kier alpha value is 1.75. The summed E-state index contributed by atoms with van der Waals surface area (Å²) in [5.41, 5.74) is 0. The van der Waals surface area contributed by atoms with Crippen molar-refractivity contribution in [1.82, 2.24) is 4.90 Å². The highest BCUT2D eigenvalue weighted by molar-refractivity contribution is 9.28. The lowest BCUT2D eigenvalue weighted by atomic mass is 10.6. The fourth-order valence-corrected chi connectivity index (χ4v) is 15.0. The van der Waals surface area contributed by atoms with Crippen molar-refractivity contribution in [3.05, 3.63) is 0 Å². The molecule has 0 radical (unpaired) electrons. The topological polar surface area (TPSA) is 30.9 Å². The summed E-state index contributed by atoms with van der Waals surface area (Å²) in [6.45, 7) is 10.0. The van der Waals surface area contributed by atoms with Crippen LogP contribution >= 0.6 is 53.1 Å². The molecule has 0 atom stereocenters. The Morgan fingerprint density at radius 1 is 0.818 bits per heavy atom. The zero-order valence-corrected chi connectivity index (χ0v) is 19.8. The molecular weight excluding hydrogens is 398 g/mol. The molecule has 4 nitrogen and oxygen atoms in total. The van der Waals surface area contributed by atoms with Gasteiger partial charge in [-0.25, -0.2) is 0 Å². The lowest BCUT2D eigenvalue weighted by Gasteiger charge is -2.25. The lowest BCUT2D eigenvalue weighted by Crippen LogP contribution is -2.42. The molecule has 0 saturated carbocycles. The van der Waals surface area contributed by atoms with E-state index >= 15 is 0 Å². The van der Waals surface area contributed by atoms with Gasteiger partial charge in [0.2, 0.25) is 0 Å². The minimum Gasteiger partial charge on any atom is -0.365 e. The quantitative estimate of drug-likeness (QED) is 0.237. The molecule has 0 bridgehead atoms. The molecule has 0 N–H and O–H groups in total. The van der Waals surface area contributed by atoms with Crippen molar-refractivity contribution in [2.75, 3.05) is 46.7 Å². The summed E-state index contributed by atoms with van der Waals surface area (Å²) in [5.74, 6) is 1.17. The summed E-state index contributed by atoms with van der Waals surface area (Å²) in [5, 5.41) is 0. The van der Waals surface area contributed by atoms with E-state index < -0.39 is 7.95 Å². The molecule has 0 rings (SSSR count). The first kappa shape index (κ1) is 28.5. The highest BCUT2D eigenvalue weighted by Crippen LogP contribution is 2.48. The van der Waals surface area contributed by atoms with Gasteiger partial charge in [0.15, 0.2) is 0 Å². The van der Waals surface area contributed by atoms with Gasteiger partial charge in [0.25, 0.3) is 0 Å². The van der Waals surface area contributed by atoms with Crippen LogP contribution in [0, 0.1) is 0 Å². The minimum absolute atomic E-state index is 0. The van der Waals surface area contributed by atoms with E-state index in [2.05, 4.69) is 6.92 Å². The zero-order valence-electron chi connectivity index (χ0n) is 14.7. The predicted octanol–water partition coefficient (Wildman–Crippen LogP) is 5.22. The molecule has 0 heterocycles. The SMILES string of the molecule is CCCSSSS[Si](OCC)(OCC)OCC.CN(C)C.Cl. The van der Waals surface area contributed by atoms with Crippen LogP contribution in [-0.4, -0.2) is 59.6 Å². The average molecular weight is 430 g/mol. The number of hydrogen-bond acceptors (Lipinski definition) is 8. The second-order valence-corrected chi connectivity index (χ2v) is 14.6. The van der Waals surface area contributed by atoms with Gasteiger partial charge in [0.05, 0.1) is 0 Å². The maximum Gasteiger partial charge on any atom is 0.585 e. The van der Waals surface area contributed by atoms with Crippen LogP contribution in [0.2, 0.25) is 0 Å². The van der Waals surface area contributed by atoms with Crippen molar-refractivity contribution in [3.63, 3.8) is 0 Å². The minimum atomic E-state index is -2.51. The maximum absolute atomic E-state index is 5.73. The van der Waals surface area contributed by atoms with Crippen LogP contribution in [0.4, 0.5) is 0 Å². The molecule has 0 aliphatic carbocycles. The van der Waals surface area contributed by atoms with Crippen molar-refractivity contribution in [2.24, 2.45) is 0 Å². The zero-order chi connectivity index (χ0) is 16.6. The Morgan fingerprint density at radius 2 is 1.23 bits per heavy atom. The van der Waals surface area contributed by atoms with Crippen molar-refractivity contribution < 1.29 is 13.3 Å². The molecule has 0 aliphatic heterocycles. The maximum atomic E-state index is 5.73. The summed E-state index contributed by atoms with van der Waals surface area (Å²) in [7, 11) is 10.5. The molecule has 0 saturated heterocycles. The molecule has 0 fully saturated rings. The van der Waals surface area contributed by atoms with Crippen molar-refractivity contribution >= 4 is 61.0 Å². The normalized spacial score (nSPS) is 10.9. The third-order valence-corrected chi connectivity index (χ3v) is 14.4. The molecule has 138 valence electrons. The van der Waals surface area contributed by atoms with E-state index in [0.717, 1.165) is 0 Å². The number of nitrogens with zero attached hydrogens (tertiary/aromatic N) is 1. The summed E-state index contributed by atoms with van der Waals surface area (Å²) >= 11 is 0. The van der Waals surface area contributed by atoms with Crippen LogP contribution in [-0.2, 0) is 13.3 Å². The third-order valence-electron chi connectivity index (χ3n) is 1.46. The van der Waals surface area contributed by atoms with Gasteiger partial charge >= 0.3 is 7.95 Å². The van der Waals surface area contributed by atoms with Gasteiger partial charge in [-0.05, 0) is 78.2 Å². The van der Waals surface area contributed by atoms with Gasteiger partial charge in [-0.1, -0.05) is 17.7 Å². The fraction of sp³-hybridized carbons (Fsp3) is 1.00. The van der Waals surface area contributed by atoms with E-state index in [1.165, 1.54) is 12.2 Å². The molecule has 0 spiro atoms. The van der Waals surface area contributed by atoms with E-state index in [9.17, 15) is 0 Å². The van der Waals surface area contributed by atoms with Crippen LogP contribution in [0.1, 0.15) is 34.1 Å². The highest BCUT2D eigenvalue weighted by atomic mass is 35.5. The molecule has 0 amide bonds. The average Bonchev–Trinajstić information content (AvgIpc) is 2.39. The second kappa shape index (κ2) is 20.8. The van der Waals surface area contributed by atoms with Gasteiger partial charge < -0.3 is 18.2 Å². The Balaban J connectivity index is -0.000000640. The van der Waals surface area contributed by atoms with Crippen molar-refractivity contribution in [1.29, 1.82) is 0 Å². The molecule has 22 heavy (non-hydrogen) atoms. The fourth-order valence-electron chi connectivity index (χ4n) is 0.920. The van der Waals surface area contributed by atoms with Crippen LogP contribution in [0.15, 0.2) is 0 Å². The third kappa shape index (κ3) is 19.8. The van der Waals surface area contributed by atoms with Gasteiger partial charge in [0.1, 0.15) is 0 Å². The van der Waals surface area contributed by atoms with Crippen LogP contribution in [0.3, 0.4) is 0 Å². The summed E-state index contributed by atoms with van der Waals surface area (Å²) in [6.07, 6.45) is 1.20. The Kier molecular flexibility index (Phi) is 27.0. The van der Waals surface area contributed by atoms with E-state index in [1.54, 1.807) is 29.9 Å². The summed E-state index contributed by atoms with van der Waals surface area (Å²) in [4.78, 5) is 2.00. The van der Waals surface area contributed by atoms with Gasteiger partial charge in [0, 0.05) is 25.6 Å². The Morgan fingerprint density at radius 3 is 1.55 bits per heavy atom. The summed E-state index contributed by atoms with van der Waals surface area (Å²) in [6, 6.07) is 0. The van der Waals surface area contributed by atoms with Crippen LogP contribution in [0.25, 0.3) is 0 Å². The Labute approximate surface area is 159 Å². The first-order valence-electron chi connectivity index (χ1n) is 7.14. The van der Waals surface area contributed by atoms with Crippen molar-refractivity contribution in [3.8, 4) is 0 Å². The standard InChI is InChI=1S/C9H22O3S4Si.C3H9N.ClH/c1-5-9-13-14-15-16-17(10-6-2,11-7-3)12-8-4;1-4(2)3;/h5-9H2,1-4H3;1-3H3;1H. The lowest BCUT2D eigenvalue weighted by molar-refractivity contribution is 0.0971. The molecule has 0 aliphatic rings. The van der Waals surface area contributed by atoms with Crippen molar-refractivity contribution in [2.45, 2.75) is 34.1 Å². The monoisotopic (exact) mass is 429 g/mol. The van der Waals surface area contributed by atoms with Gasteiger partial charge in [-0.15, -0.1) is 12.4 Å². The van der Waals surface area contributed by atoms with Gasteiger partial charge in [-0.3, -0.25) is 0 Å². The van der Waals surface area contributed by atoms with Crippen LogP contribution < -0.4 is 0 Å². The van der Waals surface area contributed by atoms with E-state index in [0.29, 0.717) is 19.8 Å². The van der Waals surface area contributed by atoms with E-state index in [4.69, 9.17) is 13.3 Å². The summed E-state index contributed by atoms with van der Waals surface area (Å²) < 4.78 is 17.2. The number of rotatable bonds is 12. The van der Waals surface area contributed by atoms with E-state index in [1.807, 2.05) is 57.6 Å². The first-order chi connectivity index (χ1) is 9.97. The first-order valence-corrected chi connectivity index (χ1v) is 14.6. The largest absolute Gasteiger partial charge is 0.585 e.